The minimum absolute atomic E-state index is 0.0194. The van der Waals surface area contributed by atoms with Gasteiger partial charge in [0.05, 0.1) is 4.90 Å². The van der Waals surface area contributed by atoms with E-state index in [2.05, 4.69) is 11.4 Å². The van der Waals surface area contributed by atoms with Gasteiger partial charge >= 0.3 is 0 Å². The number of hydrogen-bond acceptors (Lipinski definition) is 3. The predicted octanol–water partition coefficient (Wildman–Crippen LogP) is 2.99. The molecule has 1 N–H and O–H groups in total. The molecule has 1 aromatic carbocycles. The van der Waals surface area contributed by atoms with Crippen LogP contribution in [0.1, 0.15) is 44.9 Å². The third kappa shape index (κ3) is 4.32. The Morgan fingerprint density at radius 1 is 1.19 bits per heavy atom. The Balaban J connectivity index is 1.62. The van der Waals surface area contributed by atoms with Crippen LogP contribution in [0.25, 0.3) is 0 Å². The molecular weight excluding hydrogens is 355 g/mol. The number of benzene rings is 1. The second-order valence-corrected chi connectivity index (χ2v) is 8.77. The molecular formula is C19H25FN2O3S. The number of carbonyl (C=O) groups excluding carboxylic acids is 1. The van der Waals surface area contributed by atoms with Crippen molar-refractivity contribution in [3.63, 3.8) is 0 Å². The molecule has 0 saturated carbocycles. The number of sulfonamides is 1. The molecule has 26 heavy (non-hydrogen) atoms. The average molecular weight is 380 g/mol. The van der Waals surface area contributed by atoms with E-state index in [0.29, 0.717) is 25.9 Å². The lowest BCUT2D eigenvalue weighted by Crippen LogP contribution is -2.46. The van der Waals surface area contributed by atoms with Gasteiger partial charge < -0.3 is 5.32 Å². The number of halogens is 1. The molecule has 1 saturated heterocycles. The molecule has 1 aliphatic heterocycles. The largest absolute Gasteiger partial charge is 0.354 e. The highest BCUT2D eigenvalue weighted by molar-refractivity contribution is 7.89. The van der Waals surface area contributed by atoms with Gasteiger partial charge in [-0.05, 0) is 69.2 Å². The van der Waals surface area contributed by atoms with Gasteiger partial charge in [-0.1, -0.05) is 11.6 Å². The molecule has 2 aliphatic rings. The van der Waals surface area contributed by atoms with Crippen LogP contribution in [0.4, 0.5) is 4.39 Å². The van der Waals surface area contributed by atoms with Crippen molar-refractivity contribution >= 4 is 15.9 Å². The van der Waals surface area contributed by atoms with Gasteiger partial charge in [0.1, 0.15) is 11.9 Å². The van der Waals surface area contributed by atoms with E-state index < -0.39 is 21.9 Å². The lowest BCUT2D eigenvalue weighted by atomic mass is 9.97. The first-order valence-electron chi connectivity index (χ1n) is 9.21. The van der Waals surface area contributed by atoms with Crippen LogP contribution in [-0.2, 0) is 14.8 Å². The van der Waals surface area contributed by atoms with E-state index in [-0.39, 0.29) is 10.8 Å². The summed E-state index contributed by atoms with van der Waals surface area (Å²) in [6, 6.07) is 4.04. The van der Waals surface area contributed by atoms with E-state index in [4.69, 9.17) is 0 Å². The highest BCUT2D eigenvalue weighted by Gasteiger charge is 2.39. The molecule has 142 valence electrons. The van der Waals surface area contributed by atoms with Gasteiger partial charge in [0.15, 0.2) is 0 Å². The third-order valence-corrected chi connectivity index (χ3v) is 6.98. The highest BCUT2D eigenvalue weighted by atomic mass is 32.2. The minimum Gasteiger partial charge on any atom is -0.354 e. The maximum Gasteiger partial charge on any atom is 0.243 e. The smallest absolute Gasteiger partial charge is 0.243 e. The van der Waals surface area contributed by atoms with Crippen molar-refractivity contribution in [3.8, 4) is 0 Å². The van der Waals surface area contributed by atoms with E-state index in [1.54, 1.807) is 0 Å². The third-order valence-electron chi connectivity index (χ3n) is 5.06. The van der Waals surface area contributed by atoms with Crippen molar-refractivity contribution in [2.45, 2.75) is 55.9 Å². The van der Waals surface area contributed by atoms with Crippen LogP contribution in [0.15, 0.2) is 40.8 Å². The van der Waals surface area contributed by atoms with Crippen LogP contribution >= 0.6 is 0 Å². The van der Waals surface area contributed by atoms with Crippen molar-refractivity contribution in [2.75, 3.05) is 13.1 Å². The molecule has 1 atom stereocenters. The van der Waals surface area contributed by atoms with Crippen molar-refractivity contribution in [1.82, 2.24) is 9.62 Å². The minimum atomic E-state index is -3.80. The Bertz CT molecular complexity index is 774. The van der Waals surface area contributed by atoms with Gasteiger partial charge in [-0.15, -0.1) is 0 Å². The quantitative estimate of drug-likeness (QED) is 0.772. The molecule has 0 unspecified atom stereocenters. The van der Waals surface area contributed by atoms with Gasteiger partial charge in [-0.3, -0.25) is 4.79 Å². The number of hydrogen-bond donors (Lipinski definition) is 1. The van der Waals surface area contributed by atoms with Gasteiger partial charge in [-0.25, -0.2) is 12.8 Å². The lowest BCUT2D eigenvalue weighted by molar-refractivity contribution is -0.124. The number of nitrogens with zero attached hydrogens (tertiary/aromatic N) is 1. The maximum atomic E-state index is 13.1. The van der Waals surface area contributed by atoms with Crippen LogP contribution in [-0.4, -0.2) is 37.8 Å². The van der Waals surface area contributed by atoms with Gasteiger partial charge in [0.25, 0.3) is 0 Å². The Labute approximate surface area is 154 Å². The predicted molar refractivity (Wildman–Crippen MR) is 97.5 cm³/mol. The van der Waals surface area contributed by atoms with Crippen molar-refractivity contribution in [3.05, 3.63) is 41.7 Å². The summed E-state index contributed by atoms with van der Waals surface area (Å²) in [7, 11) is -3.80. The molecule has 0 aromatic heterocycles. The van der Waals surface area contributed by atoms with Gasteiger partial charge in [-0.2, -0.15) is 4.31 Å². The van der Waals surface area contributed by atoms with Crippen LogP contribution in [0.2, 0.25) is 0 Å². The van der Waals surface area contributed by atoms with Crippen LogP contribution in [0.5, 0.6) is 0 Å². The zero-order valence-corrected chi connectivity index (χ0v) is 15.6. The fourth-order valence-electron chi connectivity index (χ4n) is 3.63. The first-order chi connectivity index (χ1) is 12.5. The van der Waals surface area contributed by atoms with E-state index in [1.165, 1.54) is 34.9 Å². The van der Waals surface area contributed by atoms with Crippen LogP contribution in [0, 0.1) is 5.82 Å². The SMILES string of the molecule is O=C(NCCC1=CCCCC1)[C@H]1CCCN1S(=O)(=O)c1ccc(F)cc1. The van der Waals surface area contributed by atoms with Crippen molar-refractivity contribution < 1.29 is 17.6 Å². The Morgan fingerprint density at radius 2 is 1.96 bits per heavy atom. The van der Waals surface area contributed by atoms with Gasteiger partial charge in [0, 0.05) is 13.1 Å². The van der Waals surface area contributed by atoms with E-state index in [1.807, 2.05) is 0 Å². The lowest BCUT2D eigenvalue weighted by Gasteiger charge is -2.23. The second-order valence-electron chi connectivity index (χ2n) is 6.88. The number of rotatable bonds is 6. The second kappa shape index (κ2) is 8.31. The molecule has 1 amide bonds. The summed E-state index contributed by atoms with van der Waals surface area (Å²) in [4.78, 5) is 12.6. The summed E-state index contributed by atoms with van der Waals surface area (Å²) < 4.78 is 39.9. The summed E-state index contributed by atoms with van der Waals surface area (Å²) in [6.07, 6.45) is 8.85. The van der Waals surface area contributed by atoms with Crippen LogP contribution < -0.4 is 5.32 Å². The Hall–Kier alpha value is -1.73. The fourth-order valence-corrected chi connectivity index (χ4v) is 5.28. The molecule has 0 bridgehead atoms. The highest BCUT2D eigenvalue weighted by Crippen LogP contribution is 2.26. The zero-order chi connectivity index (χ0) is 18.6. The summed E-state index contributed by atoms with van der Waals surface area (Å²) >= 11 is 0. The first kappa shape index (κ1) is 19.0. The van der Waals surface area contributed by atoms with E-state index >= 15 is 0 Å². The standard InChI is InChI=1S/C19H25FN2O3S/c20-16-8-10-17(11-9-16)26(24,25)22-14-4-7-18(22)19(23)21-13-12-15-5-2-1-3-6-15/h5,8-11,18H,1-4,6-7,12-14H2,(H,21,23)/t18-/m1/s1. The van der Waals surface area contributed by atoms with Crippen LogP contribution in [0.3, 0.4) is 0 Å². The average Bonchev–Trinajstić information content (AvgIpc) is 3.14. The van der Waals surface area contributed by atoms with Gasteiger partial charge in [0.2, 0.25) is 15.9 Å². The maximum absolute atomic E-state index is 13.1. The topological polar surface area (TPSA) is 66.5 Å². The molecule has 5 nitrogen and oxygen atoms in total. The zero-order valence-electron chi connectivity index (χ0n) is 14.8. The van der Waals surface area contributed by atoms with E-state index in [0.717, 1.165) is 31.4 Å². The summed E-state index contributed by atoms with van der Waals surface area (Å²) in [6.45, 7) is 0.842. The number of amides is 1. The van der Waals surface area contributed by atoms with Crippen molar-refractivity contribution in [2.24, 2.45) is 0 Å². The molecule has 1 aromatic rings. The van der Waals surface area contributed by atoms with Crippen molar-refractivity contribution in [1.29, 1.82) is 0 Å². The Morgan fingerprint density at radius 3 is 2.65 bits per heavy atom. The molecule has 3 rings (SSSR count). The summed E-state index contributed by atoms with van der Waals surface area (Å²) in [5, 5.41) is 2.89. The van der Waals surface area contributed by atoms with E-state index in [9.17, 15) is 17.6 Å². The molecule has 0 radical (unpaired) electrons. The molecule has 1 fully saturated rings. The normalized spacial score (nSPS) is 21.4. The monoisotopic (exact) mass is 380 g/mol. The molecule has 0 spiro atoms. The fraction of sp³-hybridized carbons (Fsp3) is 0.526. The summed E-state index contributed by atoms with van der Waals surface area (Å²) in [5.74, 6) is -0.735. The molecule has 7 heteroatoms. The molecule has 1 heterocycles. The number of carbonyl (C=O) groups is 1. The Kier molecular flexibility index (Phi) is 6.09. The summed E-state index contributed by atoms with van der Waals surface area (Å²) in [5.41, 5.74) is 1.37. The first-order valence-corrected chi connectivity index (χ1v) is 10.7. The number of allylic oxidation sites excluding steroid dienone is 1. The molecule has 1 aliphatic carbocycles. The number of nitrogens with one attached hydrogen (secondary N) is 1.